The van der Waals surface area contributed by atoms with Crippen LogP contribution in [0.4, 0.5) is 0 Å². The van der Waals surface area contributed by atoms with Gasteiger partial charge in [-0.15, -0.1) is 0 Å². The topological polar surface area (TPSA) is 132 Å². The molecular formula is C92H148O10. The number of esters is 5. The Morgan fingerprint density at radius 2 is 0.676 bits per heavy atom. The van der Waals surface area contributed by atoms with E-state index in [-0.39, 0.29) is 87.9 Å². The van der Waals surface area contributed by atoms with Crippen molar-refractivity contribution < 1.29 is 47.7 Å². The van der Waals surface area contributed by atoms with E-state index in [1.807, 2.05) is 20.8 Å². The van der Waals surface area contributed by atoms with Gasteiger partial charge in [0.1, 0.15) is 28.5 Å². The molecule has 0 aromatic heterocycles. The maximum Gasteiger partial charge on any atom is 0.309 e. The quantitative estimate of drug-likeness (QED) is 0.145. The molecule has 26 atom stereocenters. The first-order valence-electron chi connectivity index (χ1n) is 44.5. The second-order valence-corrected chi connectivity index (χ2v) is 42.5. The molecule has 0 radical (unpaired) electrons. The fraction of sp³-hybridized carbons (Fsp3) is 0.946. The molecule has 20 saturated carbocycles. The van der Waals surface area contributed by atoms with Crippen molar-refractivity contribution in [1.82, 2.24) is 0 Å². The van der Waals surface area contributed by atoms with Gasteiger partial charge < -0.3 is 23.7 Å². The monoisotopic (exact) mass is 1410 g/mol. The van der Waals surface area contributed by atoms with E-state index in [2.05, 4.69) is 96.9 Å². The summed E-state index contributed by atoms with van der Waals surface area (Å²) in [6.07, 6.45) is 38.8. The van der Waals surface area contributed by atoms with Crippen LogP contribution in [-0.2, 0) is 47.7 Å². The third kappa shape index (κ3) is 14.4. The highest BCUT2D eigenvalue weighted by atomic mass is 16.6. The van der Waals surface area contributed by atoms with E-state index in [1.165, 1.54) is 148 Å². The molecule has 20 fully saturated rings. The van der Waals surface area contributed by atoms with Gasteiger partial charge in [0.25, 0.3) is 0 Å². The fourth-order valence-electron chi connectivity index (χ4n) is 29.8. The summed E-state index contributed by atoms with van der Waals surface area (Å²) in [5.41, 5.74) is -0.734. The van der Waals surface area contributed by atoms with Crippen LogP contribution in [0.15, 0.2) is 0 Å². The van der Waals surface area contributed by atoms with E-state index in [0.29, 0.717) is 88.8 Å². The molecule has 20 aliphatic carbocycles. The van der Waals surface area contributed by atoms with Crippen LogP contribution in [0.1, 0.15) is 317 Å². The van der Waals surface area contributed by atoms with E-state index >= 15 is 0 Å². The first-order valence-corrected chi connectivity index (χ1v) is 44.5. The van der Waals surface area contributed by atoms with Gasteiger partial charge >= 0.3 is 29.8 Å². The van der Waals surface area contributed by atoms with E-state index < -0.39 is 0 Å². The van der Waals surface area contributed by atoms with Crippen LogP contribution < -0.4 is 0 Å². The third-order valence-electron chi connectivity index (χ3n) is 36.7. The van der Waals surface area contributed by atoms with E-state index in [0.717, 1.165) is 134 Å². The van der Waals surface area contributed by atoms with E-state index in [4.69, 9.17) is 23.7 Å². The Bertz CT molecular complexity index is 2900. The van der Waals surface area contributed by atoms with Crippen molar-refractivity contribution in [3.63, 3.8) is 0 Å². The predicted octanol–water partition coefficient (Wildman–Crippen LogP) is 21.6. The highest BCUT2D eigenvalue weighted by molar-refractivity contribution is 5.76. The lowest BCUT2D eigenvalue weighted by Gasteiger charge is -2.60. The molecule has 0 heterocycles. The lowest BCUT2D eigenvalue weighted by molar-refractivity contribution is -0.216. The van der Waals surface area contributed by atoms with Crippen LogP contribution in [0.5, 0.6) is 0 Å². The highest BCUT2D eigenvalue weighted by Crippen LogP contribution is 2.65. The number of rotatable bonds is 11. The van der Waals surface area contributed by atoms with Gasteiger partial charge in [-0.05, 0) is 387 Å². The SMILES string of the molecule is CC(OC(=O)C1CC2CC1C(C)C2C)C1CCCCC1.CC1C2CC(C(=O)OC(C)(C)C)C(C2)C1C.CC1C2CC(C(=O)OC3(C)C4CC5CC(C4)CC3C5)C(C2)C1C.CC1C2CC(C(=O)OC3(C)CCCCC3)C(C2)C1C.CCC1(OC(=O)C2CC3CC2C(C)C3C)C2CC3CC(C2)CC1C3. The zero-order chi connectivity index (χ0) is 72.5. The van der Waals surface area contributed by atoms with Gasteiger partial charge in [-0.1, -0.05) is 102 Å². The Morgan fingerprint density at radius 3 is 1.01 bits per heavy atom. The Kier molecular flexibility index (Phi) is 22.1. The predicted molar refractivity (Wildman–Crippen MR) is 403 cm³/mol. The Labute approximate surface area is 620 Å². The Balaban J connectivity index is 0.000000109. The largest absolute Gasteiger partial charge is 0.462 e. The number of ether oxygens (including phenoxy) is 5. The zero-order valence-electron chi connectivity index (χ0n) is 67.7. The molecule has 10 nitrogen and oxygen atoms in total. The lowest BCUT2D eigenvalue weighted by atomic mass is 9.49. The molecule has 10 heteroatoms. The molecule has 0 amide bonds. The molecule has 0 aromatic carbocycles. The maximum atomic E-state index is 13.2. The normalized spacial score (nSPS) is 50.2. The van der Waals surface area contributed by atoms with Crippen LogP contribution in [0, 0.1) is 201 Å². The summed E-state index contributed by atoms with van der Waals surface area (Å²) in [5.74, 6) is 23.0. The molecule has 576 valence electrons. The molecule has 0 saturated heterocycles. The van der Waals surface area contributed by atoms with Crippen molar-refractivity contribution in [3.05, 3.63) is 0 Å². The van der Waals surface area contributed by atoms with Crippen LogP contribution in [-0.4, -0.2) is 58.4 Å². The van der Waals surface area contributed by atoms with Crippen LogP contribution in [0.25, 0.3) is 0 Å². The number of hydrogen-bond acceptors (Lipinski definition) is 10. The molecular weight excluding hydrogens is 1270 g/mol. The number of fused-ring (bicyclic) bond motifs is 10. The van der Waals surface area contributed by atoms with Crippen molar-refractivity contribution in [2.45, 2.75) is 345 Å². The summed E-state index contributed by atoms with van der Waals surface area (Å²) < 4.78 is 30.3. The Morgan fingerprint density at radius 1 is 0.363 bits per heavy atom. The highest BCUT2D eigenvalue weighted by Gasteiger charge is 2.63. The molecule has 20 rings (SSSR count). The minimum atomic E-state index is -0.340. The van der Waals surface area contributed by atoms with Crippen molar-refractivity contribution in [3.8, 4) is 0 Å². The average Bonchev–Trinajstić information content (AvgIpc) is 1.18. The smallest absolute Gasteiger partial charge is 0.309 e. The van der Waals surface area contributed by atoms with Gasteiger partial charge in [-0.25, -0.2) is 0 Å². The molecule has 102 heavy (non-hydrogen) atoms. The molecule has 0 aromatic rings. The Hall–Kier alpha value is -2.65. The van der Waals surface area contributed by atoms with Crippen LogP contribution in [0.3, 0.4) is 0 Å². The molecule has 0 N–H and O–H groups in total. The summed E-state index contributed by atoms with van der Waals surface area (Å²) in [7, 11) is 0. The summed E-state index contributed by atoms with van der Waals surface area (Å²) in [4.78, 5) is 63.4. The minimum Gasteiger partial charge on any atom is -0.462 e. The second-order valence-electron chi connectivity index (χ2n) is 42.5. The average molecular weight is 1410 g/mol. The molecule has 20 aliphatic rings. The van der Waals surface area contributed by atoms with Crippen molar-refractivity contribution >= 4 is 29.8 Å². The summed E-state index contributed by atoms with van der Waals surface area (Å²) in [5, 5.41) is 0. The summed E-state index contributed by atoms with van der Waals surface area (Å²) in [6.45, 7) is 38.2. The first-order chi connectivity index (χ1) is 48.3. The van der Waals surface area contributed by atoms with Crippen LogP contribution >= 0.6 is 0 Å². The minimum absolute atomic E-state index is 0.0405. The lowest BCUT2D eigenvalue weighted by Crippen LogP contribution is -2.60. The van der Waals surface area contributed by atoms with Crippen molar-refractivity contribution in [2.75, 3.05) is 0 Å². The molecule has 18 bridgehead atoms. The summed E-state index contributed by atoms with van der Waals surface area (Å²) >= 11 is 0. The molecule has 0 spiro atoms. The second kappa shape index (κ2) is 29.6. The van der Waals surface area contributed by atoms with Crippen molar-refractivity contribution in [2.24, 2.45) is 201 Å². The number of hydrogen-bond donors (Lipinski definition) is 0. The van der Waals surface area contributed by atoms with Gasteiger partial charge in [0.15, 0.2) is 0 Å². The first kappa shape index (κ1) is 76.1. The van der Waals surface area contributed by atoms with Gasteiger partial charge in [0, 0.05) is 0 Å². The third-order valence-corrected chi connectivity index (χ3v) is 36.7. The van der Waals surface area contributed by atoms with Crippen molar-refractivity contribution in [1.29, 1.82) is 0 Å². The number of carbonyl (C=O) groups excluding carboxylic acids is 5. The van der Waals surface area contributed by atoms with Gasteiger partial charge in [-0.2, -0.15) is 0 Å². The van der Waals surface area contributed by atoms with Gasteiger partial charge in [-0.3, -0.25) is 24.0 Å². The summed E-state index contributed by atoms with van der Waals surface area (Å²) in [6, 6.07) is 0. The molecule has 26 unspecified atom stereocenters. The molecule has 0 aliphatic heterocycles. The fourth-order valence-corrected chi connectivity index (χ4v) is 29.8. The zero-order valence-corrected chi connectivity index (χ0v) is 67.7. The van der Waals surface area contributed by atoms with E-state index in [9.17, 15) is 24.0 Å². The standard InChI is InChI=1S/C22H34O2.C21H32O2.C18H30O2.C17H28O2.C14H24O2/c1-4-22(17-6-14-5-15(8-17)9-18(22)7-14)24-21(23)20-11-16-10-19(20)13(3)12(16)2;1-11-12(2)18-9-15(11)10-19(18)20(22)23-21(3)16-5-13-4-14(7-16)8-17(21)6-13;1-11-12(2)16-9-15(11)10-17(16)18(19)20-13(3)14-7-5-4-6-8-14;1-11-12(2)14-9-13(11)10-15(14)16(18)19-17(3)7-5-4-6-8-17;1-8-9(2)11-6-10(8)7-12(11)13(15)16-14(3,4)5/h12-20H,4-11H2,1-3H3;11-19H,4-10H2,1-3H3;11-17H,4-10H2,1-3H3;11-15H,4-10H2,1-3H3;8-12H,6-7H2,1-5H3. The van der Waals surface area contributed by atoms with Gasteiger partial charge in [0.2, 0.25) is 0 Å². The van der Waals surface area contributed by atoms with Gasteiger partial charge in [0.05, 0.1) is 29.6 Å². The number of carbonyl (C=O) groups is 5. The van der Waals surface area contributed by atoms with Crippen LogP contribution in [0.2, 0.25) is 0 Å². The van der Waals surface area contributed by atoms with E-state index in [1.54, 1.807) is 0 Å². The maximum absolute atomic E-state index is 13.2.